The first-order chi connectivity index (χ1) is 9.08. The first-order valence-electron chi connectivity index (χ1n) is 5.85. The van der Waals surface area contributed by atoms with E-state index in [-0.39, 0.29) is 12.3 Å². The van der Waals surface area contributed by atoms with E-state index in [4.69, 9.17) is 19.9 Å². The van der Waals surface area contributed by atoms with Crippen LogP contribution in [0.5, 0.6) is 17.2 Å². The second kappa shape index (κ2) is 6.84. The number of benzene rings is 1. The first kappa shape index (κ1) is 15.1. The third kappa shape index (κ3) is 3.29. The maximum Gasteiger partial charge on any atom is 0.227 e. The van der Waals surface area contributed by atoms with Crippen LogP contribution in [0.15, 0.2) is 12.1 Å². The predicted octanol–water partition coefficient (Wildman–Crippen LogP) is 1.02. The van der Waals surface area contributed by atoms with Crippen molar-refractivity contribution in [1.82, 2.24) is 0 Å². The average Bonchev–Trinajstić information content (AvgIpc) is 2.44. The number of hydrogen-bond donors (Lipinski definition) is 1. The number of nitrogens with zero attached hydrogens (tertiary/aromatic N) is 1. The summed E-state index contributed by atoms with van der Waals surface area (Å²) in [7, 11) is 6.27. The number of anilines is 1. The van der Waals surface area contributed by atoms with Gasteiger partial charge in [-0.2, -0.15) is 0 Å². The van der Waals surface area contributed by atoms with Gasteiger partial charge in [0.15, 0.2) is 11.5 Å². The van der Waals surface area contributed by atoms with Crippen LogP contribution in [0.1, 0.15) is 6.42 Å². The standard InChI is InChI=1S/C13H20N2O4/c1-15(12(16)5-6-14)9-7-10(17-2)13(19-4)11(8-9)18-3/h7-8H,5-6,14H2,1-4H3. The van der Waals surface area contributed by atoms with Crippen molar-refractivity contribution in [3.8, 4) is 17.2 Å². The van der Waals surface area contributed by atoms with Crippen LogP contribution in [0.4, 0.5) is 5.69 Å². The van der Waals surface area contributed by atoms with Gasteiger partial charge in [-0.3, -0.25) is 4.79 Å². The van der Waals surface area contributed by atoms with E-state index in [0.29, 0.717) is 29.5 Å². The van der Waals surface area contributed by atoms with E-state index < -0.39 is 0 Å². The molecule has 0 spiro atoms. The van der Waals surface area contributed by atoms with Crippen LogP contribution in [0.3, 0.4) is 0 Å². The lowest BCUT2D eigenvalue weighted by molar-refractivity contribution is -0.118. The summed E-state index contributed by atoms with van der Waals surface area (Å²) < 4.78 is 15.7. The van der Waals surface area contributed by atoms with Gasteiger partial charge in [0, 0.05) is 32.1 Å². The number of carbonyl (C=O) groups is 1. The molecule has 1 aromatic carbocycles. The molecule has 0 heterocycles. The molecule has 0 unspecified atom stereocenters. The molecule has 1 amide bonds. The largest absolute Gasteiger partial charge is 0.493 e. The molecular formula is C13H20N2O4. The van der Waals surface area contributed by atoms with Crippen molar-refractivity contribution < 1.29 is 19.0 Å². The molecule has 1 aromatic rings. The van der Waals surface area contributed by atoms with Crippen molar-refractivity contribution in [2.75, 3.05) is 39.8 Å². The number of hydrogen-bond acceptors (Lipinski definition) is 5. The van der Waals surface area contributed by atoms with Crippen molar-refractivity contribution in [2.24, 2.45) is 5.73 Å². The Bertz CT molecular complexity index is 423. The number of nitrogens with two attached hydrogens (primary N) is 1. The molecule has 0 aliphatic carbocycles. The Kier molecular flexibility index (Phi) is 5.44. The lowest BCUT2D eigenvalue weighted by Gasteiger charge is -2.20. The van der Waals surface area contributed by atoms with Gasteiger partial charge < -0.3 is 24.8 Å². The van der Waals surface area contributed by atoms with Gasteiger partial charge in [0.1, 0.15) is 0 Å². The molecule has 1 rings (SSSR count). The first-order valence-corrected chi connectivity index (χ1v) is 5.85. The maximum absolute atomic E-state index is 11.8. The monoisotopic (exact) mass is 268 g/mol. The third-order valence-corrected chi connectivity index (χ3v) is 2.77. The Hall–Kier alpha value is -1.95. The highest BCUT2D eigenvalue weighted by Crippen LogP contribution is 2.40. The van der Waals surface area contributed by atoms with Crippen LogP contribution < -0.4 is 24.8 Å². The number of carbonyl (C=O) groups excluding carboxylic acids is 1. The molecule has 106 valence electrons. The zero-order valence-electron chi connectivity index (χ0n) is 11.7. The molecule has 0 aliphatic rings. The summed E-state index contributed by atoms with van der Waals surface area (Å²) in [6.07, 6.45) is 0.285. The Balaban J connectivity index is 3.18. The highest BCUT2D eigenvalue weighted by Gasteiger charge is 2.17. The summed E-state index contributed by atoms with van der Waals surface area (Å²) in [4.78, 5) is 13.3. The molecule has 0 aromatic heterocycles. The quantitative estimate of drug-likeness (QED) is 0.834. The second-order valence-corrected chi connectivity index (χ2v) is 3.87. The van der Waals surface area contributed by atoms with Gasteiger partial charge in [-0.25, -0.2) is 0 Å². The second-order valence-electron chi connectivity index (χ2n) is 3.87. The van der Waals surface area contributed by atoms with Crippen molar-refractivity contribution >= 4 is 11.6 Å². The van der Waals surface area contributed by atoms with E-state index in [1.807, 2.05) is 0 Å². The molecule has 6 heteroatoms. The van der Waals surface area contributed by atoms with E-state index in [2.05, 4.69) is 0 Å². The highest BCUT2D eigenvalue weighted by molar-refractivity contribution is 5.93. The Labute approximate surface area is 113 Å². The fraction of sp³-hybridized carbons (Fsp3) is 0.462. The molecule has 0 bridgehead atoms. The number of rotatable bonds is 6. The third-order valence-electron chi connectivity index (χ3n) is 2.77. The summed E-state index contributed by atoms with van der Waals surface area (Å²) in [6, 6.07) is 3.44. The van der Waals surface area contributed by atoms with Gasteiger partial charge in [0.05, 0.1) is 27.0 Å². The minimum Gasteiger partial charge on any atom is -0.493 e. The highest BCUT2D eigenvalue weighted by atomic mass is 16.5. The molecule has 0 radical (unpaired) electrons. The van der Waals surface area contributed by atoms with Crippen LogP contribution in [0, 0.1) is 0 Å². The van der Waals surface area contributed by atoms with Crippen LogP contribution in [0.25, 0.3) is 0 Å². The molecule has 0 saturated carbocycles. The van der Waals surface area contributed by atoms with Gasteiger partial charge in [0.25, 0.3) is 0 Å². The smallest absolute Gasteiger partial charge is 0.227 e. The lowest BCUT2D eigenvalue weighted by atomic mass is 10.2. The molecular weight excluding hydrogens is 248 g/mol. The normalized spacial score (nSPS) is 9.95. The van der Waals surface area contributed by atoms with Gasteiger partial charge >= 0.3 is 0 Å². The Morgan fingerprint density at radius 1 is 1.16 bits per heavy atom. The van der Waals surface area contributed by atoms with Crippen molar-refractivity contribution in [1.29, 1.82) is 0 Å². The topological polar surface area (TPSA) is 74.0 Å². The molecule has 19 heavy (non-hydrogen) atoms. The van der Waals surface area contributed by atoms with Gasteiger partial charge in [0.2, 0.25) is 11.7 Å². The molecule has 6 nitrogen and oxygen atoms in total. The minimum atomic E-state index is -0.0724. The van der Waals surface area contributed by atoms with Crippen LogP contribution in [0.2, 0.25) is 0 Å². The molecule has 0 atom stereocenters. The fourth-order valence-corrected chi connectivity index (χ4v) is 1.70. The van der Waals surface area contributed by atoms with Crippen molar-refractivity contribution in [3.05, 3.63) is 12.1 Å². The van der Waals surface area contributed by atoms with Crippen LogP contribution in [-0.2, 0) is 4.79 Å². The number of methoxy groups -OCH3 is 3. The zero-order valence-corrected chi connectivity index (χ0v) is 11.7. The summed E-state index contributed by atoms with van der Waals surface area (Å²) in [5.41, 5.74) is 6.05. The van der Waals surface area contributed by atoms with E-state index in [0.717, 1.165) is 0 Å². The minimum absolute atomic E-state index is 0.0724. The van der Waals surface area contributed by atoms with Gasteiger partial charge in [-0.1, -0.05) is 0 Å². The van der Waals surface area contributed by atoms with E-state index in [1.165, 1.54) is 26.2 Å². The summed E-state index contributed by atoms with van der Waals surface area (Å²) in [6.45, 7) is 0.313. The average molecular weight is 268 g/mol. The van der Waals surface area contributed by atoms with Gasteiger partial charge in [-0.15, -0.1) is 0 Å². The molecule has 0 fully saturated rings. The Morgan fingerprint density at radius 3 is 2.05 bits per heavy atom. The van der Waals surface area contributed by atoms with E-state index in [9.17, 15) is 4.79 Å². The maximum atomic E-state index is 11.8. The summed E-state index contributed by atoms with van der Waals surface area (Å²) >= 11 is 0. The zero-order chi connectivity index (χ0) is 14.4. The molecule has 2 N–H and O–H groups in total. The Morgan fingerprint density at radius 2 is 1.68 bits per heavy atom. The van der Waals surface area contributed by atoms with E-state index >= 15 is 0 Å². The van der Waals surface area contributed by atoms with E-state index in [1.54, 1.807) is 19.2 Å². The fourth-order valence-electron chi connectivity index (χ4n) is 1.70. The number of amides is 1. The lowest BCUT2D eigenvalue weighted by Crippen LogP contribution is -2.28. The predicted molar refractivity (Wildman–Crippen MR) is 73.2 cm³/mol. The number of ether oxygens (including phenoxy) is 3. The van der Waals surface area contributed by atoms with Crippen molar-refractivity contribution in [2.45, 2.75) is 6.42 Å². The SMILES string of the molecule is COc1cc(N(C)C(=O)CCN)cc(OC)c1OC. The van der Waals surface area contributed by atoms with Crippen LogP contribution >= 0.6 is 0 Å². The molecule has 0 saturated heterocycles. The van der Waals surface area contributed by atoms with Gasteiger partial charge in [-0.05, 0) is 0 Å². The molecule has 0 aliphatic heterocycles. The van der Waals surface area contributed by atoms with Crippen molar-refractivity contribution in [3.63, 3.8) is 0 Å². The van der Waals surface area contributed by atoms with Crippen LogP contribution in [-0.4, -0.2) is 40.8 Å². The summed E-state index contributed by atoms with van der Waals surface area (Å²) in [5.74, 6) is 1.43. The summed E-state index contributed by atoms with van der Waals surface area (Å²) in [5, 5.41) is 0.